The summed E-state index contributed by atoms with van der Waals surface area (Å²) in [5.74, 6) is -0.543. The topological polar surface area (TPSA) is 103 Å². The second-order valence-corrected chi connectivity index (χ2v) is 8.12. The number of fused-ring (bicyclic) bond motifs is 1. The molecule has 0 aliphatic heterocycles. The van der Waals surface area contributed by atoms with Gasteiger partial charge in [-0.1, -0.05) is 30.0 Å². The first-order chi connectivity index (χ1) is 13.1. The second kappa shape index (κ2) is 7.53. The van der Waals surface area contributed by atoms with E-state index in [9.17, 15) is 9.59 Å². The minimum Gasteiger partial charge on any atom is -0.365 e. The van der Waals surface area contributed by atoms with Crippen molar-refractivity contribution in [2.75, 3.05) is 11.1 Å². The lowest BCUT2D eigenvalue weighted by Crippen LogP contribution is -2.19. The van der Waals surface area contributed by atoms with Crippen LogP contribution in [0.5, 0.6) is 0 Å². The number of benzene rings is 1. The molecule has 4 rings (SSSR count). The number of nitrogens with one attached hydrogen (secondary N) is 1. The number of rotatable bonds is 6. The summed E-state index contributed by atoms with van der Waals surface area (Å²) in [6, 6.07) is 9.63. The van der Waals surface area contributed by atoms with Crippen molar-refractivity contribution in [3.63, 3.8) is 0 Å². The molecule has 1 aliphatic carbocycles. The van der Waals surface area contributed by atoms with Gasteiger partial charge >= 0.3 is 0 Å². The van der Waals surface area contributed by atoms with Gasteiger partial charge in [0.2, 0.25) is 11.1 Å². The van der Waals surface area contributed by atoms with E-state index in [0.29, 0.717) is 15.7 Å². The van der Waals surface area contributed by atoms with Crippen LogP contribution in [0.4, 0.5) is 5.00 Å². The molecule has 2 aromatic heterocycles. The van der Waals surface area contributed by atoms with Gasteiger partial charge in [-0.3, -0.25) is 9.59 Å². The van der Waals surface area contributed by atoms with E-state index in [1.165, 1.54) is 23.1 Å². The van der Waals surface area contributed by atoms with Gasteiger partial charge in [0.15, 0.2) is 0 Å². The number of hydrogen-bond acceptors (Lipinski definition) is 6. The number of carbonyl (C=O) groups is 2. The summed E-state index contributed by atoms with van der Waals surface area (Å²) in [6.07, 6.45) is 4.42. The van der Waals surface area contributed by atoms with Crippen LogP contribution in [0, 0.1) is 0 Å². The van der Waals surface area contributed by atoms with Crippen molar-refractivity contribution in [3.8, 4) is 5.69 Å². The van der Waals surface area contributed by atoms with Crippen LogP contribution in [0.2, 0.25) is 0 Å². The SMILES string of the molecule is NC(=O)c1c(NC(=O)CSc2ncn(-c3ccccc3)n2)sc2c1CCC2. The van der Waals surface area contributed by atoms with Crippen molar-refractivity contribution in [3.05, 3.63) is 52.7 Å². The van der Waals surface area contributed by atoms with Crippen LogP contribution < -0.4 is 11.1 Å². The molecule has 0 atom stereocenters. The average Bonchev–Trinajstić information content (AvgIpc) is 3.36. The highest BCUT2D eigenvalue weighted by atomic mass is 32.2. The predicted octanol–water partition coefficient (Wildman–Crippen LogP) is 2.65. The minimum atomic E-state index is -0.486. The van der Waals surface area contributed by atoms with Gasteiger partial charge in [0.25, 0.3) is 5.91 Å². The molecule has 27 heavy (non-hydrogen) atoms. The van der Waals surface area contributed by atoms with Crippen LogP contribution in [0.1, 0.15) is 27.2 Å². The molecule has 7 nitrogen and oxygen atoms in total. The zero-order valence-corrected chi connectivity index (χ0v) is 16.0. The molecular weight excluding hydrogens is 382 g/mol. The van der Waals surface area contributed by atoms with Crippen LogP contribution in [0.25, 0.3) is 5.69 Å². The Hall–Kier alpha value is -2.65. The lowest BCUT2D eigenvalue weighted by Gasteiger charge is -2.05. The van der Waals surface area contributed by atoms with Gasteiger partial charge in [-0.15, -0.1) is 16.4 Å². The van der Waals surface area contributed by atoms with Crippen LogP contribution in [-0.2, 0) is 17.6 Å². The summed E-state index contributed by atoms with van der Waals surface area (Å²) < 4.78 is 1.66. The molecule has 138 valence electrons. The first-order valence-corrected chi connectivity index (χ1v) is 10.3. The van der Waals surface area contributed by atoms with Crippen LogP contribution >= 0.6 is 23.1 Å². The molecule has 0 saturated heterocycles. The fourth-order valence-electron chi connectivity index (χ4n) is 3.06. The molecule has 0 spiro atoms. The average molecular weight is 400 g/mol. The highest BCUT2D eigenvalue weighted by Gasteiger charge is 2.26. The first kappa shape index (κ1) is 17.7. The van der Waals surface area contributed by atoms with Gasteiger partial charge in [-0.05, 0) is 37.0 Å². The molecule has 1 aromatic carbocycles. The first-order valence-electron chi connectivity index (χ1n) is 8.46. The molecule has 3 N–H and O–H groups in total. The number of para-hydroxylation sites is 1. The monoisotopic (exact) mass is 399 g/mol. The van der Waals surface area contributed by atoms with E-state index >= 15 is 0 Å². The largest absolute Gasteiger partial charge is 0.365 e. The number of primary amides is 1. The maximum absolute atomic E-state index is 12.3. The standard InChI is InChI=1S/C18H17N5O2S2/c19-16(25)15-12-7-4-8-13(12)27-17(15)21-14(24)9-26-18-20-10-23(22-18)11-5-2-1-3-6-11/h1-3,5-6,10H,4,7-9H2,(H2,19,25)(H,21,24). The number of aromatic nitrogens is 3. The normalized spacial score (nSPS) is 12.7. The highest BCUT2D eigenvalue weighted by Crippen LogP contribution is 2.38. The van der Waals surface area contributed by atoms with Gasteiger partial charge in [-0.25, -0.2) is 9.67 Å². The molecule has 3 aromatic rings. The summed E-state index contributed by atoms with van der Waals surface area (Å²) in [5, 5.41) is 8.26. The number of anilines is 1. The molecule has 0 bridgehead atoms. The summed E-state index contributed by atoms with van der Waals surface area (Å²) in [6.45, 7) is 0. The van der Waals surface area contributed by atoms with E-state index in [-0.39, 0.29) is 11.7 Å². The number of nitrogens with zero attached hydrogens (tertiary/aromatic N) is 3. The van der Waals surface area contributed by atoms with Crippen molar-refractivity contribution in [2.24, 2.45) is 5.73 Å². The van der Waals surface area contributed by atoms with Gasteiger partial charge < -0.3 is 11.1 Å². The Morgan fingerprint density at radius 2 is 2.07 bits per heavy atom. The Kier molecular flexibility index (Phi) is 4.95. The van der Waals surface area contributed by atoms with Gasteiger partial charge in [0.05, 0.1) is 17.0 Å². The maximum Gasteiger partial charge on any atom is 0.251 e. The Bertz CT molecular complexity index is 997. The number of nitrogens with two attached hydrogens (primary N) is 1. The Morgan fingerprint density at radius 1 is 1.26 bits per heavy atom. The number of hydrogen-bond donors (Lipinski definition) is 2. The lowest BCUT2D eigenvalue weighted by molar-refractivity contribution is -0.113. The molecule has 2 heterocycles. The zero-order valence-electron chi connectivity index (χ0n) is 14.3. The van der Waals surface area contributed by atoms with Crippen molar-refractivity contribution in [2.45, 2.75) is 24.4 Å². The van der Waals surface area contributed by atoms with Crippen molar-refractivity contribution in [1.82, 2.24) is 14.8 Å². The molecule has 2 amide bonds. The van der Waals surface area contributed by atoms with Gasteiger partial charge in [0, 0.05) is 4.88 Å². The molecule has 0 radical (unpaired) electrons. The van der Waals surface area contributed by atoms with E-state index < -0.39 is 5.91 Å². The van der Waals surface area contributed by atoms with Crippen LogP contribution in [-0.4, -0.2) is 32.3 Å². The third kappa shape index (κ3) is 3.74. The van der Waals surface area contributed by atoms with Gasteiger partial charge in [-0.2, -0.15) is 0 Å². The molecule has 0 unspecified atom stereocenters. The number of aryl methyl sites for hydroxylation is 1. The maximum atomic E-state index is 12.3. The smallest absolute Gasteiger partial charge is 0.251 e. The third-order valence-electron chi connectivity index (χ3n) is 4.24. The zero-order chi connectivity index (χ0) is 18.8. The third-order valence-corrected chi connectivity index (χ3v) is 6.30. The fraction of sp³-hybridized carbons (Fsp3) is 0.222. The molecule has 1 aliphatic rings. The van der Waals surface area contributed by atoms with E-state index in [2.05, 4.69) is 15.4 Å². The van der Waals surface area contributed by atoms with E-state index in [1.54, 1.807) is 11.0 Å². The van der Waals surface area contributed by atoms with Crippen LogP contribution in [0.15, 0.2) is 41.8 Å². The summed E-state index contributed by atoms with van der Waals surface area (Å²) in [7, 11) is 0. The van der Waals surface area contributed by atoms with Crippen molar-refractivity contribution in [1.29, 1.82) is 0 Å². The number of thioether (sulfide) groups is 1. The minimum absolute atomic E-state index is 0.152. The summed E-state index contributed by atoms with van der Waals surface area (Å²) in [5.41, 5.74) is 7.89. The number of carbonyl (C=O) groups excluding carboxylic acids is 2. The predicted molar refractivity (Wildman–Crippen MR) is 106 cm³/mol. The Labute approximate surface area is 164 Å². The number of thiophene rings is 1. The Morgan fingerprint density at radius 3 is 2.85 bits per heavy atom. The molecule has 9 heteroatoms. The van der Waals surface area contributed by atoms with Crippen molar-refractivity contribution >= 4 is 39.9 Å². The number of amides is 2. The van der Waals surface area contributed by atoms with E-state index in [0.717, 1.165) is 35.4 Å². The fourth-order valence-corrected chi connectivity index (χ4v) is 4.98. The van der Waals surface area contributed by atoms with E-state index in [1.807, 2.05) is 30.3 Å². The highest BCUT2D eigenvalue weighted by molar-refractivity contribution is 7.99. The summed E-state index contributed by atoms with van der Waals surface area (Å²) >= 11 is 2.69. The lowest BCUT2D eigenvalue weighted by atomic mass is 10.1. The molecule has 0 fully saturated rings. The Balaban J connectivity index is 1.40. The quantitative estimate of drug-likeness (QED) is 0.620. The van der Waals surface area contributed by atoms with Crippen molar-refractivity contribution < 1.29 is 9.59 Å². The second-order valence-electron chi connectivity index (χ2n) is 6.07. The van der Waals surface area contributed by atoms with Gasteiger partial charge in [0.1, 0.15) is 11.3 Å². The molecular formula is C18H17N5O2S2. The van der Waals surface area contributed by atoms with Crippen LogP contribution in [0.3, 0.4) is 0 Å². The van der Waals surface area contributed by atoms with E-state index in [4.69, 9.17) is 5.73 Å². The summed E-state index contributed by atoms with van der Waals surface area (Å²) in [4.78, 5) is 29.5. The molecule has 0 saturated carbocycles.